The largest absolute Gasteiger partial charge is 0.492 e. The highest BCUT2D eigenvalue weighted by Crippen LogP contribution is 2.38. The minimum atomic E-state index is -1.22. The number of carbonyl (C=O) groups is 3. The lowest BCUT2D eigenvalue weighted by atomic mass is 10.0. The molecule has 3 aromatic rings. The number of nitrogens with two attached hydrogens (primary N) is 2. The molecule has 5 N–H and O–H groups in total. The molecule has 3 amide bonds. The summed E-state index contributed by atoms with van der Waals surface area (Å²) < 4.78 is 23.5. The highest BCUT2D eigenvalue weighted by Gasteiger charge is 2.37. The van der Waals surface area contributed by atoms with Crippen LogP contribution in [0.1, 0.15) is 59.0 Å². The van der Waals surface area contributed by atoms with E-state index in [1.54, 1.807) is 31.2 Å². The van der Waals surface area contributed by atoms with Crippen molar-refractivity contribution in [2.75, 3.05) is 23.8 Å². The summed E-state index contributed by atoms with van der Waals surface area (Å²) in [5, 5.41) is 2.89. The molecule has 0 radical (unpaired) electrons. The van der Waals surface area contributed by atoms with Gasteiger partial charge in [-0.2, -0.15) is 4.37 Å². The van der Waals surface area contributed by atoms with Crippen LogP contribution >= 0.6 is 11.5 Å². The molecule has 1 unspecified atom stereocenters. The number of anilines is 2. The Kier molecular flexibility index (Phi) is 9.18. The number of nitrogens with zero attached hydrogens (tertiary/aromatic N) is 2. The first kappa shape index (κ1) is 27.6. The van der Waals surface area contributed by atoms with Crippen LogP contribution in [0.25, 0.3) is 0 Å². The third kappa shape index (κ3) is 6.42. The van der Waals surface area contributed by atoms with E-state index in [2.05, 4.69) is 9.69 Å². The van der Waals surface area contributed by atoms with Crippen molar-refractivity contribution in [1.29, 1.82) is 0 Å². The monoisotopic (exact) mass is 527 g/mol. The highest BCUT2D eigenvalue weighted by molar-refractivity contribution is 7.09. The number of hydrogen-bond donors (Lipinski definition) is 3. The fourth-order valence-corrected chi connectivity index (χ4v) is 4.42. The second-order valence-corrected chi connectivity index (χ2v) is 9.42. The van der Waals surface area contributed by atoms with E-state index < -0.39 is 29.6 Å². The number of ether oxygens (including phenoxy) is 1. The Morgan fingerprint density at radius 2 is 1.81 bits per heavy atom. The number of nitrogen functional groups attached to an aromatic ring is 1. The summed E-state index contributed by atoms with van der Waals surface area (Å²) in [6.45, 7) is 6.52. The number of primary amides is 1. The van der Waals surface area contributed by atoms with Gasteiger partial charge in [-0.25, -0.2) is 4.39 Å². The molecule has 0 aliphatic heterocycles. The predicted molar refractivity (Wildman–Crippen MR) is 141 cm³/mol. The van der Waals surface area contributed by atoms with Gasteiger partial charge in [0, 0.05) is 6.54 Å². The van der Waals surface area contributed by atoms with E-state index in [-0.39, 0.29) is 21.9 Å². The average Bonchev–Trinajstić information content (AvgIpc) is 3.25. The van der Waals surface area contributed by atoms with Gasteiger partial charge in [-0.15, -0.1) is 0 Å². The van der Waals surface area contributed by atoms with Crippen molar-refractivity contribution in [3.63, 3.8) is 0 Å². The molecule has 0 spiro atoms. The van der Waals surface area contributed by atoms with Crippen LogP contribution in [0.15, 0.2) is 48.5 Å². The molecule has 0 fully saturated rings. The maximum Gasteiger partial charge on any atom is 0.273 e. The maximum atomic E-state index is 14.1. The van der Waals surface area contributed by atoms with Gasteiger partial charge >= 0.3 is 0 Å². The standard InChI is InChI=1S/C26H30FN5O4S/c1-4-36-19-8-6-5-7-18(19)32(26(35)23-20(28)21(24(29)33)31-37-23)22(16-9-11-17(27)12-10-16)25(34)30-14-13-15(2)3/h5-12,15,22H,4,13-14,28H2,1-3H3,(H2,29,33)(H,30,34). The quantitative estimate of drug-likeness (QED) is 0.345. The molecule has 0 aliphatic rings. The maximum absolute atomic E-state index is 14.1. The van der Waals surface area contributed by atoms with Crippen LogP contribution in [-0.4, -0.2) is 35.2 Å². The van der Waals surface area contributed by atoms with Crippen molar-refractivity contribution in [3.8, 4) is 5.75 Å². The molecular formula is C26H30FN5O4S. The normalized spacial score (nSPS) is 11.7. The summed E-state index contributed by atoms with van der Waals surface area (Å²) in [5.41, 5.74) is 11.7. The van der Waals surface area contributed by atoms with E-state index in [0.717, 1.165) is 6.42 Å². The van der Waals surface area contributed by atoms with E-state index >= 15 is 0 Å². The van der Waals surface area contributed by atoms with Crippen molar-refractivity contribution in [1.82, 2.24) is 9.69 Å². The molecule has 0 bridgehead atoms. The van der Waals surface area contributed by atoms with Gasteiger partial charge in [0.05, 0.1) is 18.0 Å². The number of hydrogen-bond acceptors (Lipinski definition) is 7. The van der Waals surface area contributed by atoms with Gasteiger partial charge in [0.25, 0.3) is 11.8 Å². The lowest BCUT2D eigenvalue weighted by Crippen LogP contribution is -2.44. The Labute approximate surface area is 218 Å². The zero-order valence-corrected chi connectivity index (χ0v) is 21.7. The summed E-state index contributed by atoms with van der Waals surface area (Å²) in [7, 11) is 0. The number of halogens is 1. The van der Waals surface area contributed by atoms with E-state index in [1.807, 2.05) is 13.8 Å². The van der Waals surface area contributed by atoms with E-state index in [4.69, 9.17) is 16.2 Å². The van der Waals surface area contributed by atoms with Crippen molar-refractivity contribution in [3.05, 3.63) is 70.5 Å². The molecule has 9 nitrogen and oxygen atoms in total. The number of nitrogens with one attached hydrogen (secondary N) is 1. The molecule has 2 aromatic carbocycles. The number of amides is 3. The smallest absolute Gasteiger partial charge is 0.273 e. The van der Waals surface area contributed by atoms with Gasteiger partial charge in [0.15, 0.2) is 5.69 Å². The van der Waals surface area contributed by atoms with Crippen molar-refractivity contribution < 1.29 is 23.5 Å². The predicted octanol–water partition coefficient (Wildman–Crippen LogP) is 3.91. The van der Waals surface area contributed by atoms with E-state index in [0.29, 0.717) is 41.9 Å². The number of carbonyl (C=O) groups excluding carboxylic acids is 3. The second-order valence-electron chi connectivity index (χ2n) is 8.64. The van der Waals surface area contributed by atoms with Gasteiger partial charge < -0.3 is 21.5 Å². The average molecular weight is 528 g/mol. The molecule has 1 heterocycles. The summed E-state index contributed by atoms with van der Waals surface area (Å²) in [4.78, 5) is 40.7. The summed E-state index contributed by atoms with van der Waals surface area (Å²) in [5.74, 6) is -1.86. The number of benzene rings is 2. The van der Waals surface area contributed by atoms with E-state index in [1.165, 1.54) is 29.2 Å². The van der Waals surface area contributed by atoms with Crippen molar-refractivity contribution >= 4 is 40.6 Å². The van der Waals surface area contributed by atoms with Gasteiger partial charge in [0.1, 0.15) is 22.5 Å². The Hall–Kier alpha value is -3.99. The first-order valence-electron chi connectivity index (χ1n) is 11.8. The molecule has 11 heteroatoms. The van der Waals surface area contributed by atoms with Crippen LogP contribution in [0.3, 0.4) is 0 Å². The van der Waals surface area contributed by atoms with Crippen LogP contribution in [0, 0.1) is 11.7 Å². The highest BCUT2D eigenvalue weighted by atomic mass is 32.1. The third-order valence-corrected chi connectivity index (χ3v) is 6.36. The molecule has 0 saturated carbocycles. The second kappa shape index (κ2) is 12.3. The lowest BCUT2D eigenvalue weighted by Gasteiger charge is -2.32. The zero-order chi connectivity index (χ0) is 27.1. The first-order valence-corrected chi connectivity index (χ1v) is 12.6. The van der Waals surface area contributed by atoms with Gasteiger partial charge in [-0.1, -0.05) is 38.1 Å². The Bertz CT molecular complexity index is 1260. The van der Waals surface area contributed by atoms with Crippen molar-refractivity contribution in [2.45, 2.75) is 33.2 Å². The van der Waals surface area contributed by atoms with E-state index in [9.17, 15) is 18.8 Å². The first-order chi connectivity index (χ1) is 17.6. The van der Waals surface area contributed by atoms with Crippen LogP contribution < -0.4 is 26.4 Å². The lowest BCUT2D eigenvalue weighted by molar-refractivity contribution is -0.122. The van der Waals surface area contributed by atoms with Gasteiger partial charge in [-0.3, -0.25) is 19.3 Å². The molecule has 1 atom stereocenters. The molecule has 37 heavy (non-hydrogen) atoms. The summed E-state index contributed by atoms with van der Waals surface area (Å²) >= 11 is 0.704. The minimum absolute atomic E-state index is 0.0674. The molecule has 0 saturated heterocycles. The Balaban J connectivity index is 2.21. The fourth-order valence-electron chi connectivity index (χ4n) is 3.68. The molecule has 196 valence electrons. The van der Waals surface area contributed by atoms with Gasteiger partial charge in [-0.05, 0) is 60.6 Å². The number of para-hydroxylation sites is 2. The molecule has 3 rings (SSSR count). The Morgan fingerprint density at radius 1 is 1.14 bits per heavy atom. The number of aromatic nitrogens is 1. The van der Waals surface area contributed by atoms with Crippen LogP contribution in [0.4, 0.5) is 15.8 Å². The Morgan fingerprint density at radius 3 is 2.41 bits per heavy atom. The number of rotatable bonds is 11. The SMILES string of the molecule is CCOc1ccccc1N(C(=O)c1snc(C(N)=O)c1N)C(C(=O)NCCC(C)C)c1ccc(F)cc1. The van der Waals surface area contributed by atoms with Gasteiger partial charge in [0.2, 0.25) is 5.91 Å². The molecule has 1 aromatic heterocycles. The molecular weight excluding hydrogens is 497 g/mol. The minimum Gasteiger partial charge on any atom is -0.492 e. The third-order valence-electron chi connectivity index (χ3n) is 5.51. The van der Waals surface area contributed by atoms with Crippen LogP contribution in [0.5, 0.6) is 5.75 Å². The summed E-state index contributed by atoms with van der Waals surface area (Å²) in [6, 6.07) is 10.8. The fraction of sp³-hybridized carbons (Fsp3) is 0.308. The topological polar surface area (TPSA) is 141 Å². The molecule has 0 aliphatic carbocycles. The van der Waals surface area contributed by atoms with Crippen LogP contribution in [-0.2, 0) is 4.79 Å². The van der Waals surface area contributed by atoms with Crippen LogP contribution in [0.2, 0.25) is 0 Å². The van der Waals surface area contributed by atoms with Crippen molar-refractivity contribution in [2.24, 2.45) is 11.7 Å². The zero-order valence-electron chi connectivity index (χ0n) is 20.9. The summed E-state index contributed by atoms with van der Waals surface area (Å²) in [6.07, 6.45) is 0.717.